The van der Waals surface area contributed by atoms with Gasteiger partial charge in [0.1, 0.15) is 12.4 Å². The first-order chi connectivity index (χ1) is 9.20. The second-order valence-corrected chi connectivity index (χ2v) is 4.72. The smallest absolute Gasteiger partial charge is 0.189 e. The summed E-state index contributed by atoms with van der Waals surface area (Å²) in [7, 11) is 0. The topological polar surface area (TPSA) is 39.4 Å². The molecule has 2 heterocycles. The minimum atomic E-state index is 0.336. The van der Waals surface area contributed by atoms with Crippen LogP contribution in [0.3, 0.4) is 0 Å². The van der Waals surface area contributed by atoms with Crippen LogP contribution in [0, 0.1) is 6.92 Å². The molecule has 0 fully saturated rings. The van der Waals surface area contributed by atoms with Gasteiger partial charge in [-0.15, -0.1) is 5.10 Å². The third-order valence-electron chi connectivity index (χ3n) is 2.73. The lowest BCUT2D eigenvalue weighted by molar-refractivity contribution is 0.296. The van der Waals surface area contributed by atoms with E-state index < -0.39 is 0 Å². The van der Waals surface area contributed by atoms with Gasteiger partial charge in [-0.25, -0.2) is 9.50 Å². The van der Waals surface area contributed by atoms with Crippen molar-refractivity contribution in [1.82, 2.24) is 14.6 Å². The molecule has 0 bridgehead atoms. The van der Waals surface area contributed by atoms with E-state index >= 15 is 0 Å². The first kappa shape index (κ1) is 12.0. The molecule has 0 atom stereocenters. The Morgan fingerprint density at radius 2 is 1.95 bits per heavy atom. The molecule has 19 heavy (non-hydrogen) atoms. The molecule has 0 saturated carbocycles. The van der Waals surface area contributed by atoms with E-state index in [9.17, 15) is 0 Å². The molecule has 96 valence electrons. The van der Waals surface area contributed by atoms with Gasteiger partial charge in [-0.2, -0.15) is 0 Å². The van der Waals surface area contributed by atoms with Gasteiger partial charge in [0.05, 0.1) is 5.02 Å². The Labute approximate surface area is 115 Å². The average Bonchev–Trinajstić information content (AvgIpc) is 2.80. The molecule has 0 aliphatic heterocycles. The number of aryl methyl sites for hydroxylation is 1. The largest absolute Gasteiger partial charge is 0.486 e. The molecular formula is C14H12ClN3O. The van der Waals surface area contributed by atoms with Crippen LogP contribution in [0.15, 0.2) is 42.6 Å². The van der Waals surface area contributed by atoms with E-state index in [0.29, 0.717) is 17.5 Å². The first-order valence-electron chi connectivity index (χ1n) is 5.91. The van der Waals surface area contributed by atoms with Gasteiger partial charge in [-0.05, 0) is 31.2 Å². The molecule has 4 nitrogen and oxygen atoms in total. The number of nitrogens with zero attached hydrogens (tertiary/aromatic N) is 3. The molecule has 1 aromatic carbocycles. The van der Waals surface area contributed by atoms with Crippen molar-refractivity contribution in [2.45, 2.75) is 13.5 Å². The SMILES string of the molecule is Cc1ccc(OCc2nc3ccc(Cl)cn3n2)cc1. The lowest BCUT2D eigenvalue weighted by Crippen LogP contribution is -1.98. The van der Waals surface area contributed by atoms with Gasteiger partial charge in [0, 0.05) is 6.20 Å². The van der Waals surface area contributed by atoms with Crippen LogP contribution in [0.25, 0.3) is 5.65 Å². The van der Waals surface area contributed by atoms with Crippen LogP contribution < -0.4 is 4.74 Å². The first-order valence-corrected chi connectivity index (χ1v) is 6.29. The molecule has 0 aliphatic carbocycles. The Morgan fingerprint density at radius 1 is 1.16 bits per heavy atom. The van der Waals surface area contributed by atoms with Crippen molar-refractivity contribution in [3.8, 4) is 5.75 Å². The van der Waals surface area contributed by atoms with Crippen LogP contribution in [0.1, 0.15) is 11.4 Å². The molecule has 3 aromatic rings. The molecule has 0 unspecified atom stereocenters. The van der Waals surface area contributed by atoms with Crippen molar-refractivity contribution in [1.29, 1.82) is 0 Å². The second-order valence-electron chi connectivity index (χ2n) is 4.28. The number of fused-ring (bicyclic) bond motifs is 1. The van der Waals surface area contributed by atoms with Crippen molar-refractivity contribution in [2.75, 3.05) is 0 Å². The molecule has 3 rings (SSSR count). The summed E-state index contributed by atoms with van der Waals surface area (Å²) in [5, 5.41) is 4.93. The molecular weight excluding hydrogens is 262 g/mol. The predicted molar refractivity (Wildman–Crippen MR) is 73.5 cm³/mol. The highest BCUT2D eigenvalue weighted by Gasteiger charge is 2.04. The van der Waals surface area contributed by atoms with E-state index in [1.165, 1.54) is 5.56 Å². The lowest BCUT2D eigenvalue weighted by Gasteiger charge is -2.03. The minimum absolute atomic E-state index is 0.336. The Hall–Kier alpha value is -2.07. The highest BCUT2D eigenvalue weighted by molar-refractivity contribution is 6.30. The van der Waals surface area contributed by atoms with Crippen molar-refractivity contribution in [3.05, 3.63) is 59.0 Å². The van der Waals surface area contributed by atoms with E-state index in [0.717, 1.165) is 11.4 Å². The molecule has 0 saturated heterocycles. The maximum absolute atomic E-state index is 5.90. The zero-order valence-electron chi connectivity index (χ0n) is 10.4. The highest BCUT2D eigenvalue weighted by atomic mass is 35.5. The number of halogens is 1. The molecule has 0 aliphatic rings. The summed E-state index contributed by atoms with van der Waals surface area (Å²) in [4.78, 5) is 4.35. The molecule has 5 heteroatoms. The summed E-state index contributed by atoms with van der Waals surface area (Å²) < 4.78 is 7.28. The molecule has 2 aromatic heterocycles. The van der Waals surface area contributed by atoms with E-state index in [1.54, 1.807) is 16.8 Å². The van der Waals surface area contributed by atoms with Crippen LogP contribution in [-0.2, 0) is 6.61 Å². The normalized spacial score (nSPS) is 10.8. The fourth-order valence-electron chi connectivity index (χ4n) is 1.75. The summed E-state index contributed by atoms with van der Waals surface area (Å²) in [6.45, 7) is 2.37. The molecule has 0 N–H and O–H groups in total. The highest BCUT2D eigenvalue weighted by Crippen LogP contribution is 2.14. The van der Waals surface area contributed by atoms with Crippen molar-refractivity contribution in [2.24, 2.45) is 0 Å². The monoisotopic (exact) mass is 273 g/mol. The molecule has 0 spiro atoms. The van der Waals surface area contributed by atoms with Gasteiger partial charge in [0.15, 0.2) is 11.5 Å². The van der Waals surface area contributed by atoms with Gasteiger partial charge < -0.3 is 4.74 Å². The van der Waals surface area contributed by atoms with E-state index in [1.807, 2.05) is 37.3 Å². The Morgan fingerprint density at radius 3 is 2.74 bits per heavy atom. The Balaban J connectivity index is 1.76. The van der Waals surface area contributed by atoms with Crippen LogP contribution in [0.2, 0.25) is 5.02 Å². The maximum atomic E-state index is 5.90. The van der Waals surface area contributed by atoms with Crippen LogP contribution in [-0.4, -0.2) is 14.6 Å². The number of benzene rings is 1. The van der Waals surface area contributed by atoms with Crippen molar-refractivity contribution >= 4 is 17.2 Å². The summed E-state index contributed by atoms with van der Waals surface area (Å²) >= 11 is 5.90. The van der Waals surface area contributed by atoms with Crippen LogP contribution >= 0.6 is 11.6 Å². The number of rotatable bonds is 3. The summed E-state index contributed by atoms with van der Waals surface area (Å²) in [5.74, 6) is 1.44. The number of hydrogen-bond acceptors (Lipinski definition) is 3. The lowest BCUT2D eigenvalue weighted by atomic mass is 10.2. The standard InChI is InChI=1S/C14H12ClN3O/c1-10-2-5-12(6-3-10)19-9-13-16-14-7-4-11(15)8-18(14)17-13/h2-8H,9H2,1H3. The number of pyridine rings is 1. The molecule has 0 amide bonds. The van der Waals surface area contributed by atoms with Crippen molar-refractivity contribution < 1.29 is 4.74 Å². The summed E-state index contributed by atoms with van der Waals surface area (Å²) in [6.07, 6.45) is 1.72. The fourth-order valence-corrected chi connectivity index (χ4v) is 1.90. The van der Waals surface area contributed by atoms with E-state index in [2.05, 4.69) is 10.1 Å². The van der Waals surface area contributed by atoms with Gasteiger partial charge in [0.2, 0.25) is 0 Å². The minimum Gasteiger partial charge on any atom is -0.486 e. The maximum Gasteiger partial charge on any atom is 0.189 e. The quantitative estimate of drug-likeness (QED) is 0.735. The van der Waals surface area contributed by atoms with Gasteiger partial charge in [-0.3, -0.25) is 0 Å². The van der Waals surface area contributed by atoms with E-state index in [-0.39, 0.29) is 0 Å². The van der Waals surface area contributed by atoms with Gasteiger partial charge >= 0.3 is 0 Å². The number of ether oxygens (including phenoxy) is 1. The molecule has 0 radical (unpaired) electrons. The average molecular weight is 274 g/mol. The van der Waals surface area contributed by atoms with Crippen LogP contribution in [0.5, 0.6) is 5.75 Å². The Kier molecular flexibility index (Phi) is 3.09. The zero-order valence-corrected chi connectivity index (χ0v) is 11.1. The predicted octanol–water partition coefficient (Wildman–Crippen LogP) is 3.27. The summed E-state index contributed by atoms with van der Waals surface area (Å²) in [5.41, 5.74) is 1.96. The van der Waals surface area contributed by atoms with E-state index in [4.69, 9.17) is 16.3 Å². The van der Waals surface area contributed by atoms with Crippen LogP contribution in [0.4, 0.5) is 0 Å². The zero-order chi connectivity index (χ0) is 13.2. The number of hydrogen-bond donors (Lipinski definition) is 0. The number of aromatic nitrogens is 3. The fraction of sp³-hybridized carbons (Fsp3) is 0.143. The third kappa shape index (κ3) is 2.69. The van der Waals surface area contributed by atoms with Crippen molar-refractivity contribution in [3.63, 3.8) is 0 Å². The van der Waals surface area contributed by atoms with Gasteiger partial charge in [0.25, 0.3) is 0 Å². The third-order valence-corrected chi connectivity index (χ3v) is 2.95. The summed E-state index contributed by atoms with van der Waals surface area (Å²) in [6, 6.07) is 11.5. The van der Waals surface area contributed by atoms with Gasteiger partial charge in [-0.1, -0.05) is 29.3 Å². The Bertz CT molecular complexity index is 706. The second kappa shape index (κ2) is 4.90.